The first-order valence-electron chi connectivity index (χ1n) is 11.0. The van der Waals surface area contributed by atoms with E-state index in [1.807, 2.05) is 32.3 Å². The van der Waals surface area contributed by atoms with Crippen LogP contribution in [-0.4, -0.2) is 52.8 Å². The molecule has 1 aliphatic heterocycles. The number of hydrogen-bond donors (Lipinski definition) is 1. The first-order valence-corrected chi connectivity index (χ1v) is 16.0. The summed E-state index contributed by atoms with van der Waals surface area (Å²) in [5, 5.41) is 15.7. The number of thiazole rings is 2. The smallest absolute Gasteiger partial charge is 0.410 e. The number of ether oxygens (including phenoxy) is 1. The van der Waals surface area contributed by atoms with Gasteiger partial charge in [0, 0.05) is 42.2 Å². The summed E-state index contributed by atoms with van der Waals surface area (Å²) < 4.78 is 6.91. The van der Waals surface area contributed by atoms with Crippen molar-refractivity contribution in [1.29, 1.82) is 0 Å². The monoisotopic (exact) mass is 481 g/mol. The molecule has 1 saturated heterocycles. The summed E-state index contributed by atoms with van der Waals surface area (Å²) >= 11 is 3.25. The molecule has 0 aromatic carbocycles. The van der Waals surface area contributed by atoms with Crippen LogP contribution in [0.15, 0.2) is 23.2 Å². The summed E-state index contributed by atoms with van der Waals surface area (Å²) in [5.74, 6) is 0.235. The second-order valence-electron chi connectivity index (χ2n) is 10.1. The van der Waals surface area contributed by atoms with Gasteiger partial charge in [0.25, 0.3) is 0 Å². The Hall–Kier alpha value is -1.29. The van der Waals surface area contributed by atoms with Gasteiger partial charge in [-0.3, -0.25) is 4.98 Å². The van der Waals surface area contributed by atoms with Gasteiger partial charge in [-0.15, -0.1) is 22.7 Å². The van der Waals surface area contributed by atoms with E-state index in [0.717, 1.165) is 24.3 Å². The molecule has 0 saturated carbocycles. The Morgan fingerprint density at radius 1 is 1.23 bits per heavy atom. The summed E-state index contributed by atoms with van der Waals surface area (Å²) in [4.78, 5) is 23.3. The van der Waals surface area contributed by atoms with Crippen molar-refractivity contribution in [3.63, 3.8) is 0 Å². The first kappa shape index (κ1) is 24.4. The molecule has 3 atom stereocenters. The third kappa shape index (κ3) is 6.60. The molecule has 0 bridgehead atoms. The molecule has 0 aliphatic carbocycles. The summed E-state index contributed by atoms with van der Waals surface area (Å²) in [7, 11) is -1.48. The minimum Gasteiger partial charge on any atom is -0.444 e. The average Bonchev–Trinajstić information content (AvgIpc) is 3.45. The maximum Gasteiger partial charge on any atom is 0.410 e. The zero-order chi connectivity index (χ0) is 22.6. The lowest BCUT2D eigenvalue weighted by Crippen LogP contribution is -2.40. The topological polar surface area (TPSA) is 75.5 Å². The summed E-state index contributed by atoms with van der Waals surface area (Å²) in [6.07, 6.45) is 5.95. The molecule has 1 fully saturated rings. The van der Waals surface area contributed by atoms with Crippen molar-refractivity contribution >= 4 is 41.5 Å². The number of likely N-dealkylation sites (tertiary alicyclic amines) is 1. The van der Waals surface area contributed by atoms with Crippen LogP contribution in [-0.2, 0) is 4.74 Å². The highest BCUT2D eigenvalue weighted by Crippen LogP contribution is 2.38. The molecule has 1 aliphatic rings. The second-order valence-corrected chi connectivity index (χ2v) is 17.0. The largest absolute Gasteiger partial charge is 0.444 e. The van der Waals surface area contributed by atoms with Crippen LogP contribution in [0.4, 0.5) is 4.79 Å². The van der Waals surface area contributed by atoms with E-state index in [2.05, 4.69) is 28.4 Å². The number of rotatable bonds is 8. The zero-order valence-corrected chi connectivity index (χ0v) is 21.8. The molecule has 0 spiro atoms. The number of aliphatic hydroxyl groups excluding tert-OH is 1. The first-order chi connectivity index (χ1) is 14.6. The summed E-state index contributed by atoms with van der Waals surface area (Å²) in [6, 6.07) is 1.21. The van der Waals surface area contributed by atoms with Crippen LogP contribution < -0.4 is 4.63 Å². The van der Waals surface area contributed by atoms with Crippen molar-refractivity contribution in [2.75, 3.05) is 13.1 Å². The van der Waals surface area contributed by atoms with Gasteiger partial charge < -0.3 is 14.7 Å². The van der Waals surface area contributed by atoms with Crippen LogP contribution in [0, 0.1) is 11.8 Å². The lowest BCUT2D eigenvalue weighted by atomic mass is 9.87. The molecule has 9 heteroatoms. The lowest BCUT2D eigenvalue weighted by Gasteiger charge is -2.24. The fraction of sp³-hybridized carbons (Fsp3) is 0.682. The molecule has 6 nitrogen and oxygen atoms in total. The van der Waals surface area contributed by atoms with Gasteiger partial charge in [0.1, 0.15) is 24.8 Å². The Bertz CT molecular complexity index is 822. The molecule has 1 amide bonds. The minimum absolute atomic E-state index is 0.0112. The van der Waals surface area contributed by atoms with Gasteiger partial charge in [0.2, 0.25) is 0 Å². The molecular formula is C22H35N3O3S2Si. The SMILES string of the molecule is CC(C)(C)OC(=O)N1CC(CCCC[Si](C)(C)c2nccs2)C(C(O)c2nccs2)C1. The minimum atomic E-state index is -1.48. The predicted octanol–water partition coefficient (Wildman–Crippen LogP) is 4.90. The summed E-state index contributed by atoms with van der Waals surface area (Å²) in [6.45, 7) is 11.6. The van der Waals surface area contributed by atoms with E-state index < -0.39 is 19.8 Å². The Morgan fingerprint density at radius 3 is 2.55 bits per heavy atom. The Morgan fingerprint density at radius 2 is 1.94 bits per heavy atom. The zero-order valence-electron chi connectivity index (χ0n) is 19.2. The van der Waals surface area contributed by atoms with Crippen LogP contribution in [0.5, 0.6) is 0 Å². The molecule has 0 radical (unpaired) electrons. The van der Waals surface area contributed by atoms with E-state index in [9.17, 15) is 9.90 Å². The maximum atomic E-state index is 12.7. The number of nitrogens with zero attached hydrogens (tertiary/aromatic N) is 3. The van der Waals surface area contributed by atoms with E-state index >= 15 is 0 Å². The van der Waals surface area contributed by atoms with E-state index in [4.69, 9.17) is 4.74 Å². The van der Waals surface area contributed by atoms with Crippen molar-refractivity contribution in [2.24, 2.45) is 11.8 Å². The quantitative estimate of drug-likeness (QED) is 0.429. The van der Waals surface area contributed by atoms with Gasteiger partial charge in [-0.2, -0.15) is 0 Å². The molecule has 31 heavy (non-hydrogen) atoms. The standard InChI is InChI=1S/C22H35N3O3S2Si/c1-22(2,3)28-21(27)25-14-16(17(15-25)18(26)19-23-9-11-29-19)8-6-7-13-31(4,5)20-24-10-12-30-20/h9-12,16-18,26H,6-8,13-15H2,1-5H3. The van der Waals surface area contributed by atoms with Gasteiger partial charge in [-0.25, -0.2) is 9.78 Å². The van der Waals surface area contributed by atoms with Crippen LogP contribution in [0.1, 0.15) is 51.1 Å². The number of amides is 1. The maximum absolute atomic E-state index is 12.7. The third-order valence-electron chi connectivity index (χ3n) is 5.89. The fourth-order valence-electron chi connectivity index (χ4n) is 4.24. The van der Waals surface area contributed by atoms with Crippen molar-refractivity contribution in [3.05, 3.63) is 28.2 Å². The predicted molar refractivity (Wildman–Crippen MR) is 130 cm³/mol. The Balaban J connectivity index is 1.60. The van der Waals surface area contributed by atoms with Crippen LogP contribution >= 0.6 is 22.7 Å². The van der Waals surface area contributed by atoms with Gasteiger partial charge in [0.05, 0.1) is 4.63 Å². The number of carbonyl (C=O) groups is 1. The van der Waals surface area contributed by atoms with Crippen LogP contribution in [0.25, 0.3) is 0 Å². The van der Waals surface area contributed by atoms with E-state index in [0.29, 0.717) is 13.1 Å². The molecule has 3 heterocycles. The van der Waals surface area contributed by atoms with Crippen LogP contribution in [0.2, 0.25) is 19.1 Å². The highest BCUT2D eigenvalue weighted by atomic mass is 32.1. The lowest BCUT2D eigenvalue weighted by molar-refractivity contribution is 0.0268. The van der Waals surface area contributed by atoms with E-state index in [-0.39, 0.29) is 17.9 Å². The van der Waals surface area contributed by atoms with Crippen molar-refractivity contribution in [3.8, 4) is 0 Å². The molecule has 2 aromatic heterocycles. The Labute approximate surface area is 194 Å². The van der Waals surface area contributed by atoms with E-state index in [1.165, 1.54) is 22.0 Å². The fourth-order valence-corrected chi connectivity index (χ4v) is 8.86. The van der Waals surface area contributed by atoms with E-state index in [1.54, 1.807) is 22.4 Å². The highest BCUT2D eigenvalue weighted by molar-refractivity contribution is 7.24. The third-order valence-corrected chi connectivity index (χ3v) is 12.2. The number of aliphatic hydroxyl groups is 1. The highest BCUT2D eigenvalue weighted by Gasteiger charge is 2.41. The molecule has 3 rings (SSSR count). The normalized spacial score (nSPS) is 20.8. The molecule has 2 aromatic rings. The van der Waals surface area contributed by atoms with Crippen molar-refractivity contribution in [1.82, 2.24) is 14.9 Å². The van der Waals surface area contributed by atoms with Crippen molar-refractivity contribution in [2.45, 2.75) is 70.9 Å². The second kappa shape index (κ2) is 10.1. The van der Waals surface area contributed by atoms with Crippen LogP contribution in [0.3, 0.4) is 0 Å². The number of aromatic nitrogens is 2. The number of hydrogen-bond acceptors (Lipinski definition) is 7. The molecule has 1 N–H and O–H groups in total. The molecular weight excluding hydrogens is 446 g/mol. The average molecular weight is 482 g/mol. The Kier molecular flexibility index (Phi) is 7.94. The number of unbranched alkanes of at least 4 members (excludes halogenated alkanes) is 1. The van der Waals surface area contributed by atoms with Gasteiger partial charge in [0.15, 0.2) is 0 Å². The van der Waals surface area contributed by atoms with Gasteiger partial charge in [-0.1, -0.05) is 32.0 Å². The van der Waals surface area contributed by atoms with Gasteiger partial charge in [-0.05, 0) is 33.1 Å². The van der Waals surface area contributed by atoms with Crippen molar-refractivity contribution < 1.29 is 14.6 Å². The van der Waals surface area contributed by atoms with Gasteiger partial charge >= 0.3 is 6.09 Å². The molecule has 172 valence electrons. The molecule has 3 unspecified atom stereocenters. The summed E-state index contributed by atoms with van der Waals surface area (Å²) in [5.41, 5.74) is -0.523. The number of carbonyl (C=O) groups excluding carboxylic acids is 1.